The summed E-state index contributed by atoms with van der Waals surface area (Å²) >= 11 is 0. The monoisotopic (exact) mass is 278 g/mol. The highest BCUT2D eigenvalue weighted by Crippen LogP contribution is 2.20. The van der Waals surface area contributed by atoms with Crippen LogP contribution in [0.15, 0.2) is 36.4 Å². The summed E-state index contributed by atoms with van der Waals surface area (Å²) in [5.74, 6) is 0. The van der Waals surface area contributed by atoms with Gasteiger partial charge in [0.05, 0.1) is 17.0 Å². The molecule has 1 aromatic carbocycles. The summed E-state index contributed by atoms with van der Waals surface area (Å²) < 4.78 is 0. The topological polar surface area (TPSA) is 36.7 Å². The number of unbranched alkanes of at least 4 members (excludes halogenated alkanes) is 3. The van der Waals surface area contributed by atoms with E-state index in [1.807, 2.05) is 19.1 Å². The van der Waals surface area contributed by atoms with Crippen LogP contribution in [0.25, 0.3) is 11.3 Å². The SMILES string of the molecule is CCCCCCc1ccc(-c2ccc(C#N)c(C)n2)cc1. The Bertz CT molecular complexity index is 621. The van der Waals surface area contributed by atoms with E-state index in [0.29, 0.717) is 5.56 Å². The number of aromatic nitrogens is 1. The van der Waals surface area contributed by atoms with Crippen molar-refractivity contribution in [3.63, 3.8) is 0 Å². The molecule has 0 aliphatic rings. The van der Waals surface area contributed by atoms with E-state index in [1.54, 1.807) is 0 Å². The number of hydrogen-bond donors (Lipinski definition) is 0. The molecule has 1 heterocycles. The van der Waals surface area contributed by atoms with Gasteiger partial charge in [-0.3, -0.25) is 4.98 Å². The number of pyridine rings is 1. The predicted molar refractivity (Wildman–Crippen MR) is 87.0 cm³/mol. The predicted octanol–water partition coefficient (Wildman–Crippen LogP) is 5.05. The summed E-state index contributed by atoms with van der Waals surface area (Å²) in [5.41, 5.74) is 4.87. The van der Waals surface area contributed by atoms with Crippen LogP contribution in [0.2, 0.25) is 0 Å². The van der Waals surface area contributed by atoms with Gasteiger partial charge in [0.1, 0.15) is 6.07 Å². The molecule has 0 atom stereocenters. The van der Waals surface area contributed by atoms with Crippen LogP contribution in [-0.4, -0.2) is 4.98 Å². The molecule has 0 fully saturated rings. The molecule has 0 saturated heterocycles. The van der Waals surface area contributed by atoms with Crippen molar-refractivity contribution >= 4 is 0 Å². The molecular weight excluding hydrogens is 256 g/mol. The highest BCUT2D eigenvalue weighted by atomic mass is 14.7. The molecular formula is C19H22N2. The van der Waals surface area contributed by atoms with Crippen molar-refractivity contribution in [1.29, 1.82) is 5.26 Å². The van der Waals surface area contributed by atoms with E-state index in [0.717, 1.165) is 23.4 Å². The van der Waals surface area contributed by atoms with Gasteiger partial charge >= 0.3 is 0 Å². The zero-order valence-corrected chi connectivity index (χ0v) is 12.9. The Morgan fingerprint density at radius 1 is 1.00 bits per heavy atom. The van der Waals surface area contributed by atoms with E-state index in [1.165, 1.54) is 31.2 Å². The van der Waals surface area contributed by atoms with Crippen LogP contribution >= 0.6 is 0 Å². The first kappa shape index (κ1) is 15.3. The molecule has 0 aliphatic carbocycles. The van der Waals surface area contributed by atoms with Gasteiger partial charge in [-0.25, -0.2) is 0 Å². The summed E-state index contributed by atoms with van der Waals surface area (Å²) in [6, 6.07) is 14.6. The number of nitriles is 1. The van der Waals surface area contributed by atoms with Gasteiger partial charge in [-0.05, 0) is 37.5 Å². The van der Waals surface area contributed by atoms with Gasteiger partial charge in [0.2, 0.25) is 0 Å². The van der Waals surface area contributed by atoms with E-state index in [9.17, 15) is 0 Å². The Morgan fingerprint density at radius 3 is 2.38 bits per heavy atom. The molecule has 0 amide bonds. The third-order valence-electron chi connectivity index (χ3n) is 3.77. The summed E-state index contributed by atoms with van der Waals surface area (Å²) in [6.07, 6.45) is 6.34. The van der Waals surface area contributed by atoms with Gasteiger partial charge in [0, 0.05) is 5.56 Å². The first-order valence-electron chi connectivity index (χ1n) is 7.71. The van der Waals surface area contributed by atoms with E-state index in [2.05, 4.69) is 42.2 Å². The van der Waals surface area contributed by atoms with Gasteiger partial charge in [-0.2, -0.15) is 5.26 Å². The Morgan fingerprint density at radius 2 is 1.76 bits per heavy atom. The lowest BCUT2D eigenvalue weighted by Gasteiger charge is -2.06. The van der Waals surface area contributed by atoms with Crippen molar-refractivity contribution in [2.45, 2.75) is 46.0 Å². The fraction of sp³-hybridized carbons (Fsp3) is 0.368. The fourth-order valence-corrected chi connectivity index (χ4v) is 2.44. The van der Waals surface area contributed by atoms with Crippen molar-refractivity contribution in [2.24, 2.45) is 0 Å². The highest BCUT2D eigenvalue weighted by Gasteiger charge is 2.03. The van der Waals surface area contributed by atoms with Crippen LogP contribution in [0.4, 0.5) is 0 Å². The van der Waals surface area contributed by atoms with Gasteiger partial charge in [-0.1, -0.05) is 50.5 Å². The summed E-state index contributed by atoms with van der Waals surface area (Å²) in [5, 5.41) is 8.95. The molecule has 2 heteroatoms. The Hall–Kier alpha value is -2.14. The molecule has 21 heavy (non-hydrogen) atoms. The lowest BCUT2D eigenvalue weighted by molar-refractivity contribution is 0.667. The molecule has 0 unspecified atom stereocenters. The molecule has 0 radical (unpaired) electrons. The van der Waals surface area contributed by atoms with Crippen molar-refractivity contribution in [3.05, 3.63) is 53.2 Å². The molecule has 0 bridgehead atoms. The van der Waals surface area contributed by atoms with E-state index in [-0.39, 0.29) is 0 Å². The second-order valence-corrected chi connectivity index (χ2v) is 5.45. The van der Waals surface area contributed by atoms with Crippen LogP contribution in [0, 0.1) is 18.3 Å². The average molecular weight is 278 g/mol. The maximum Gasteiger partial charge on any atom is 0.101 e. The maximum atomic E-state index is 8.95. The van der Waals surface area contributed by atoms with Crippen LogP contribution in [0.1, 0.15) is 49.4 Å². The standard InChI is InChI=1S/C19H22N2/c1-3-4-5-6-7-16-8-10-17(11-9-16)19-13-12-18(14-20)15(2)21-19/h8-13H,3-7H2,1-2H3. The van der Waals surface area contributed by atoms with Crippen LogP contribution in [-0.2, 0) is 6.42 Å². The second-order valence-electron chi connectivity index (χ2n) is 5.45. The zero-order valence-electron chi connectivity index (χ0n) is 12.9. The highest BCUT2D eigenvalue weighted by molar-refractivity contribution is 5.60. The van der Waals surface area contributed by atoms with E-state index >= 15 is 0 Å². The third-order valence-corrected chi connectivity index (χ3v) is 3.77. The van der Waals surface area contributed by atoms with Gasteiger partial charge in [-0.15, -0.1) is 0 Å². The number of nitrogens with zero attached hydrogens (tertiary/aromatic N) is 2. The van der Waals surface area contributed by atoms with Crippen LogP contribution < -0.4 is 0 Å². The van der Waals surface area contributed by atoms with E-state index in [4.69, 9.17) is 5.26 Å². The van der Waals surface area contributed by atoms with Crippen molar-refractivity contribution in [1.82, 2.24) is 4.98 Å². The number of hydrogen-bond acceptors (Lipinski definition) is 2. The largest absolute Gasteiger partial charge is 0.252 e. The van der Waals surface area contributed by atoms with Crippen molar-refractivity contribution in [2.75, 3.05) is 0 Å². The van der Waals surface area contributed by atoms with Gasteiger partial charge < -0.3 is 0 Å². The number of aryl methyl sites for hydroxylation is 2. The lowest BCUT2D eigenvalue weighted by atomic mass is 10.0. The fourth-order valence-electron chi connectivity index (χ4n) is 2.44. The first-order valence-corrected chi connectivity index (χ1v) is 7.71. The molecule has 0 spiro atoms. The normalized spacial score (nSPS) is 10.3. The third kappa shape index (κ3) is 4.16. The number of benzene rings is 1. The first-order chi connectivity index (χ1) is 10.2. The molecule has 0 aliphatic heterocycles. The van der Waals surface area contributed by atoms with Crippen molar-refractivity contribution < 1.29 is 0 Å². The Balaban J connectivity index is 2.05. The Labute approximate surface area is 127 Å². The molecule has 2 rings (SSSR count). The molecule has 108 valence electrons. The van der Waals surface area contributed by atoms with Crippen molar-refractivity contribution in [3.8, 4) is 17.3 Å². The summed E-state index contributed by atoms with van der Waals surface area (Å²) in [4.78, 5) is 4.51. The second kappa shape index (κ2) is 7.59. The quantitative estimate of drug-likeness (QED) is 0.693. The number of rotatable bonds is 6. The molecule has 2 aromatic rings. The van der Waals surface area contributed by atoms with Gasteiger partial charge in [0.25, 0.3) is 0 Å². The molecule has 1 aromatic heterocycles. The molecule has 0 N–H and O–H groups in total. The minimum Gasteiger partial charge on any atom is -0.252 e. The lowest BCUT2D eigenvalue weighted by Crippen LogP contribution is -1.91. The van der Waals surface area contributed by atoms with E-state index < -0.39 is 0 Å². The van der Waals surface area contributed by atoms with Gasteiger partial charge in [0.15, 0.2) is 0 Å². The molecule has 2 nitrogen and oxygen atoms in total. The summed E-state index contributed by atoms with van der Waals surface area (Å²) in [7, 11) is 0. The van der Waals surface area contributed by atoms with Crippen LogP contribution in [0.3, 0.4) is 0 Å². The summed E-state index contributed by atoms with van der Waals surface area (Å²) in [6.45, 7) is 4.12. The zero-order chi connectivity index (χ0) is 15.1. The Kier molecular flexibility index (Phi) is 5.51. The van der Waals surface area contributed by atoms with Crippen LogP contribution in [0.5, 0.6) is 0 Å². The molecule has 0 saturated carbocycles. The average Bonchev–Trinajstić information content (AvgIpc) is 2.52. The smallest absolute Gasteiger partial charge is 0.101 e. The maximum absolute atomic E-state index is 8.95. The minimum atomic E-state index is 0.645. The minimum absolute atomic E-state index is 0.645.